The Morgan fingerprint density at radius 2 is 0.600 bits per heavy atom. The van der Waals surface area contributed by atoms with Crippen LogP contribution in [0.5, 0.6) is 0 Å². The predicted octanol–water partition coefficient (Wildman–Crippen LogP) is 9.14. The summed E-state index contributed by atoms with van der Waals surface area (Å²) in [6.07, 6.45) is 0. The molecule has 6 aromatic rings. The first-order valence-corrected chi connectivity index (χ1v) is 15.2. The van der Waals surface area contributed by atoms with Crippen molar-refractivity contribution in [1.82, 2.24) is 0 Å². The minimum Gasteiger partial charge on any atom is -0.397 e. The molecule has 0 amide bonds. The van der Waals surface area contributed by atoms with E-state index in [4.69, 9.17) is 22.9 Å². The van der Waals surface area contributed by atoms with Gasteiger partial charge >= 0.3 is 0 Å². The van der Waals surface area contributed by atoms with Crippen LogP contribution in [0.4, 0.5) is 68.2 Å². The van der Waals surface area contributed by atoms with E-state index in [0.717, 1.165) is 55.3 Å². The van der Waals surface area contributed by atoms with Gasteiger partial charge in [-0.1, -0.05) is 72.4 Å². The molecule has 0 aliphatic carbocycles. The Labute approximate surface area is 266 Å². The second kappa shape index (κ2) is 13.2. The maximum Gasteiger partial charge on any atom is 0.0765 e. The lowest BCUT2D eigenvalue weighted by atomic mass is 10.2. The number of rotatable bonds is 10. The second-order valence-electron chi connectivity index (χ2n) is 10.3. The third-order valence-corrected chi connectivity index (χ3v) is 8.29. The summed E-state index contributed by atoms with van der Waals surface area (Å²) in [4.78, 5) is 1.91. The van der Waals surface area contributed by atoms with Gasteiger partial charge in [0.1, 0.15) is 0 Å². The standard InChI is InChI=1S/C36H34N8S/c37-23-11-1-5-15-27(23)41-31-19-9-21-33(35(31)43-29-17-7-3-13-25(29)39)45-34-22-10-20-32(42-28-16-6-2-12-24(28)38)36(34)44-30-18-8-4-14-26(30)40/h1-22,41-44H,37-40H2. The molecule has 0 spiro atoms. The first-order valence-electron chi connectivity index (χ1n) is 14.4. The molecule has 0 fully saturated rings. The number of para-hydroxylation sites is 10. The first-order chi connectivity index (χ1) is 22.0. The highest BCUT2D eigenvalue weighted by Gasteiger charge is 2.17. The molecule has 0 unspecified atom stereocenters. The minimum atomic E-state index is 0.635. The van der Waals surface area contributed by atoms with Gasteiger partial charge in [0.2, 0.25) is 0 Å². The Morgan fingerprint density at radius 1 is 0.311 bits per heavy atom. The number of nitrogen functional groups attached to an aromatic ring is 4. The number of anilines is 12. The zero-order valence-corrected chi connectivity index (χ0v) is 25.2. The number of benzene rings is 6. The molecule has 0 bridgehead atoms. The highest BCUT2D eigenvalue weighted by Crippen LogP contribution is 2.46. The smallest absolute Gasteiger partial charge is 0.0765 e. The van der Waals surface area contributed by atoms with Crippen molar-refractivity contribution in [2.45, 2.75) is 9.79 Å². The lowest BCUT2D eigenvalue weighted by Gasteiger charge is -2.22. The van der Waals surface area contributed by atoms with Gasteiger partial charge in [0, 0.05) is 9.79 Å². The topological polar surface area (TPSA) is 152 Å². The zero-order valence-electron chi connectivity index (χ0n) is 24.4. The molecule has 8 nitrogen and oxygen atoms in total. The maximum atomic E-state index is 6.38. The third-order valence-electron chi connectivity index (χ3n) is 7.17. The summed E-state index contributed by atoms with van der Waals surface area (Å²) in [5.74, 6) is 0. The molecule has 0 radical (unpaired) electrons. The summed E-state index contributed by atoms with van der Waals surface area (Å²) in [6, 6.07) is 42.9. The average Bonchev–Trinajstić information content (AvgIpc) is 3.04. The summed E-state index contributed by atoms with van der Waals surface area (Å²) in [6.45, 7) is 0. The highest BCUT2D eigenvalue weighted by atomic mass is 32.2. The van der Waals surface area contributed by atoms with E-state index in [9.17, 15) is 0 Å². The van der Waals surface area contributed by atoms with E-state index in [1.165, 1.54) is 0 Å². The zero-order chi connectivity index (χ0) is 31.2. The van der Waals surface area contributed by atoms with Gasteiger partial charge in [-0.05, 0) is 72.8 Å². The van der Waals surface area contributed by atoms with Crippen LogP contribution in [0.1, 0.15) is 0 Å². The molecule has 0 saturated heterocycles. The van der Waals surface area contributed by atoms with E-state index in [-0.39, 0.29) is 0 Å². The van der Waals surface area contributed by atoms with Crippen LogP contribution in [0.25, 0.3) is 0 Å². The second-order valence-corrected chi connectivity index (χ2v) is 11.4. The number of nitrogens with two attached hydrogens (primary N) is 4. The van der Waals surface area contributed by atoms with Crippen molar-refractivity contribution in [2.75, 3.05) is 44.2 Å². The van der Waals surface area contributed by atoms with Crippen molar-refractivity contribution in [3.63, 3.8) is 0 Å². The molecule has 0 aliphatic rings. The van der Waals surface area contributed by atoms with Crippen LogP contribution >= 0.6 is 11.8 Å². The largest absolute Gasteiger partial charge is 0.397 e. The van der Waals surface area contributed by atoms with Gasteiger partial charge < -0.3 is 44.2 Å². The van der Waals surface area contributed by atoms with E-state index in [2.05, 4.69) is 33.4 Å². The van der Waals surface area contributed by atoms with Crippen LogP contribution in [0.2, 0.25) is 0 Å². The van der Waals surface area contributed by atoms with Gasteiger partial charge in [0.25, 0.3) is 0 Å². The van der Waals surface area contributed by atoms with Crippen molar-refractivity contribution in [2.24, 2.45) is 0 Å². The van der Waals surface area contributed by atoms with Gasteiger partial charge in [0.05, 0.1) is 68.2 Å². The van der Waals surface area contributed by atoms with Crippen LogP contribution in [-0.2, 0) is 0 Å². The van der Waals surface area contributed by atoms with Gasteiger partial charge in [-0.3, -0.25) is 0 Å². The average molecular weight is 611 g/mol. The molecule has 224 valence electrons. The Morgan fingerprint density at radius 3 is 0.933 bits per heavy atom. The van der Waals surface area contributed by atoms with Crippen LogP contribution in [0.15, 0.2) is 143 Å². The first kappa shape index (κ1) is 29.2. The highest BCUT2D eigenvalue weighted by molar-refractivity contribution is 7.99. The molecule has 6 rings (SSSR count). The fraction of sp³-hybridized carbons (Fsp3) is 0. The Hall–Kier alpha value is -5.93. The SMILES string of the molecule is Nc1ccccc1Nc1cccc(Sc2cccc(Nc3ccccc3N)c2Nc2ccccc2N)c1Nc1ccccc1N. The van der Waals surface area contributed by atoms with Crippen LogP contribution in [0, 0.1) is 0 Å². The van der Waals surface area contributed by atoms with Crippen molar-refractivity contribution >= 4 is 80.0 Å². The van der Waals surface area contributed by atoms with E-state index in [1.807, 2.05) is 121 Å². The number of hydrogen-bond donors (Lipinski definition) is 8. The summed E-state index contributed by atoms with van der Waals surface area (Å²) in [5, 5.41) is 14.2. The Bertz CT molecular complexity index is 1820. The van der Waals surface area contributed by atoms with E-state index < -0.39 is 0 Å². The predicted molar refractivity (Wildman–Crippen MR) is 194 cm³/mol. The third kappa shape index (κ3) is 6.69. The molecular formula is C36H34N8S. The van der Waals surface area contributed by atoms with Gasteiger partial charge in [-0.2, -0.15) is 0 Å². The molecule has 0 aromatic heterocycles. The van der Waals surface area contributed by atoms with E-state index in [1.54, 1.807) is 11.8 Å². The Kier molecular flexibility index (Phi) is 8.52. The van der Waals surface area contributed by atoms with Crippen molar-refractivity contribution < 1.29 is 0 Å². The monoisotopic (exact) mass is 610 g/mol. The van der Waals surface area contributed by atoms with E-state index in [0.29, 0.717) is 22.7 Å². The van der Waals surface area contributed by atoms with Crippen LogP contribution in [-0.4, -0.2) is 0 Å². The quantitative estimate of drug-likeness (QED) is 0.0710. The fourth-order valence-electron chi connectivity index (χ4n) is 4.82. The number of hydrogen-bond acceptors (Lipinski definition) is 9. The molecule has 0 saturated carbocycles. The van der Waals surface area contributed by atoms with Gasteiger partial charge in [-0.15, -0.1) is 0 Å². The molecule has 0 heterocycles. The van der Waals surface area contributed by atoms with Gasteiger partial charge in [0.15, 0.2) is 0 Å². The molecule has 45 heavy (non-hydrogen) atoms. The minimum absolute atomic E-state index is 0.635. The molecule has 0 atom stereocenters. The van der Waals surface area contributed by atoms with Crippen molar-refractivity contribution in [3.05, 3.63) is 133 Å². The Balaban J connectivity index is 1.46. The lowest BCUT2D eigenvalue weighted by Crippen LogP contribution is -2.04. The summed E-state index contributed by atoms with van der Waals surface area (Å²) in [7, 11) is 0. The van der Waals surface area contributed by atoms with Crippen molar-refractivity contribution in [3.8, 4) is 0 Å². The van der Waals surface area contributed by atoms with Gasteiger partial charge in [-0.25, -0.2) is 0 Å². The fourth-order valence-corrected chi connectivity index (χ4v) is 5.88. The van der Waals surface area contributed by atoms with E-state index >= 15 is 0 Å². The molecule has 12 N–H and O–H groups in total. The lowest BCUT2D eigenvalue weighted by molar-refractivity contribution is 1.36. The van der Waals surface area contributed by atoms with Crippen LogP contribution < -0.4 is 44.2 Å². The normalized spacial score (nSPS) is 10.7. The summed E-state index contributed by atoms with van der Waals surface area (Å²) < 4.78 is 0. The molecular weight excluding hydrogens is 577 g/mol. The maximum absolute atomic E-state index is 6.38. The number of nitrogens with one attached hydrogen (secondary N) is 4. The van der Waals surface area contributed by atoms with Crippen LogP contribution in [0.3, 0.4) is 0 Å². The molecule has 9 heteroatoms. The molecule has 0 aliphatic heterocycles. The van der Waals surface area contributed by atoms with Crippen molar-refractivity contribution in [1.29, 1.82) is 0 Å². The summed E-state index contributed by atoms with van der Waals surface area (Å²) in [5.41, 5.74) is 34.5. The molecule has 6 aromatic carbocycles. The summed E-state index contributed by atoms with van der Waals surface area (Å²) >= 11 is 1.60.